The molecular weight excluding hydrogens is 308 g/mol. The molecule has 1 aromatic heterocycles. The molecule has 1 atom stereocenters. The zero-order chi connectivity index (χ0) is 16.8. The van der Waals surface area contributed by atoms with Crippen molar-refractivity contribution >= 4 is 5.69 Å². The normalized spacial score (nSPS) is 18.2. The van der Waals surface area contributed by atoms with Gasteiger partial charge in [-0.05, 0) is 23.8 Å². The molecule has 0 amide bonds. The van der Waals surface area contributed by atoms with Gasteiger partial charge in [0.25, 0.3) is 5.69 Å². The zero-order valence-corrected chi connectivity index (χ0v) is 13.3. The maximum atomic E-state index is 10.7. The Morgan fingerprint density at radius 2 is 2.17 bits per heavy atom. The number of nitrogens with zero attached hydrogens (tertiary/aromatic N) is 3. The molecule has 7 nitrogen and oxygen atoms in total. The largest absolute Gasteiger partial charge is 0.492 e. The van der Waals surface area contributed by atoms with Crippen molar-refractivity contribution in [3.8, 4) is 5.75 Å². The lowest BCUT2D eigenvalue weighted by molar-refractivity contribution is -0.384. The third-order valence-corrected chi connectivity index (χ3v) is 4.12. The Kier molecular flexibility index (Phi) is 5.35. The van der Waals surface area contributed by atoms with Crippen LogP contribution in [-0.2, 0) is 0 Å². The zero-order valence-electron chi connectivity index (χ0n) is 13.3. The van der Waals surface area contributed by atoms with Crippen LogP contribution in [0.1, 0.15) is 11.6 Å². The fourth-order valence-electron chi connectivity index (χ4n) is 2.86. The standard InChI is InChI=1S/C17H20N4O3/c22-21(23)15-3-5-16(6-4-15)24-11-10-20-9-8-19-13-17(20)14-2-1-7-18-12-14/h1-7,12,17,19H,8-11,13H2. The quantitative estimate of drug-likeness (QED) is 0.645. The van der Waals surface area contributed by atoms with Crippen LogP contribution in [0.4, 0.5) is 5.69 Å². The van der Waals surface area contributed by atoms with Crippen molar-refractivity contribution in [1.82, 2.24) is 15.2 Å². The third kappa shape index (κ3) is 4.06. The fraction of sp³-hybridized carbons (Fsp3) is 0.353. The molecule has 126 valence electrons. The van der Waals surface area contributed by atoms with Gasteiger partial charge in [-0.25, -0.2) is 0 Å². The molecule has 0 saturated carbocycles. The average Bonchev–Trinajstić information content (AvgIpc) is 2.63. The van der Waals surface area contributed by atoms with Gasteiger partial charge in [0.1, 0.15) is 12.4 Å². The van der Waals surface area contributed by atoms with E-state index in [1.54, 1.807) is 18.3 Å². The molecule has 1 unspecified atom stereocenters. The van der Waals surface area contributed by atoms with Gasteiger partial charge in [0, 0.05) is 56.7 Å². The van der Waals surface area contributed by atoms with Crippen molar-refractivity contribution in [3.05, 3.63) is 64.5 Å². The van der Waals surface area contributed by atoms with Gasteiger partial charge in [0.05, 0.1) is 4.92 Å². The lowest BCUT2D eigenvalue weighted by atomic mass is 10.1. The van der Waals surface area contributed by atoms with Crippen molar-refractivity contribution in [1.29, 1.82) is 0 Å². The summed E-state index contributed by atoms with van der Waals surface area (Å²) in [7, 11) is 0. The predicted molar refractivity (Wildman–Crippen MR) is 90.0 cm³/mol. The van der Waals surface area contributed by atoms with E-state index in [0.29, 0.717) is 12.4 Å². The number of rotatable bonds is 6. The van der Waals surface area contributed by atoms with Crippen molar-refractivity contribution in [3.63, 3.8) is 0 Å². The number of aromatic nitrogens is 1. The van der Waals surface area contributed by atoms with E-state index in [1.807, 2.05) is 12.3 Å². The van der Waals surface area contributed by atoms with Crippen LogP contribution in [0.5, 0.6) is 5.75 Å². The molecule has 1 aliphatic rings. The Morgan fingerprint density at radius 3 is 2.88 bits per heavy atom. The molecule has 3 rings (SSSR count). The second kappa shape index (κ2) is 7.85. The molecule has 2 heterocycles. The summed E-state index contributed by atoms with van der Waals surface area (Å²) in [4.78, 5) is 16.8. The highest BCUT2D eigenvalue weighted by molar-refractivity contribution is 5.35. The lowest BCUT2D eigenvalue weighted by Crippen LogP contribution is -2.47. The second-order valence-corrected chi connectivity index (χ2v) is 5.64. The van der Waals surface area contributed by atoms with Crippen LogP contribution in [-0.4, -0.2) is 47.6 Å². The maximum absolute atomic E-state index is 10.7. The minimum atomic E-state index is -0.414. The van der Waals surface area contributed by atoms with Gasteiger partial charge in [-0.1, -0.05) is 6.07 Å². The number of nitrogens with one attached hydrogen (secondary N) is 1. The van der Waals surface area contributed by atoms with E-state index in [-0.39, 0.29) is 11.7 Å². The first-order valence-corrected chi connectivity index (χ1v) is 7.96. The van der Waals surface area contributed by atoms with Gasteiger partial charge in [-0.15, -0.1) is 0 Å². The number of piperazine rings is 1. The molecule has 1 aliphatic heterocycles. The van der Waals surface area contributed by atoms with Crippen molar-refractivity contribution < 1.29 is 9.66 Å². The molecule has 0 bridgehead atoms. The highest BCUT2D eigenvalue weighted by Crippen LogP contribution is 2.21. The predicted octanol–water partition coefficient (Wildman–Crippen LogP) is 2.02. The van der Waals surface area contributed by atoms with E-state index in [2.05, 4.69) is 21.3 Å². The van der Waals surface area contributed by atoms with Crippen LogP contribution in [0.2, 0.25) is 0 Å². The number of hydrogen-bond acceptors (Lipinski definition) is 6. The van der Waals surface area contributed by atoms with Gasteiger partial charge < -0.3 is 10.1 Å². The number of nitro groups is 1. The molecule has 1 fully saturated rings. The minimum Gasteiger partial charge on any atom is -0.492 e. The van der Waals surface area contributed by atoms with Gasteiger partial charge in [0.2, 0.25) is 0 Å². The summed E-state index contributed by atoms with van der Waals surface area (Å²) < 4.78 is 5.73. The molecule has 0 spiro atoms. The fourth-order valence-corrected chi connectivity index (χ4v) is 2.86. The van der Waals surface area contributed by atoms with Crippen LogP contribution >= 0.6 is 0 Å². The molecule has 2 aromatic rings. The molecule has 7 heteroatoms. The van der Waals surface area contributed by atoms with E-state index >= 15 is 0 Å². The average molecular weight is 328 g/mol. The second-order valence-electron chi connectivity index (χ2n) is 5.64. The Morgan fingerprint density at radius 1 is 1.33 bits per heavy atom. The molecule has 1 N–H and O–H groups in total. The molecular formula is C17H20N4O3. The SMILES string of the molecule is O=[N+]([O-])c1ccc(OCCN2CCNCC2c2cccnc2)cc1. The van der Waals surface area contributed by atoms with Crippen molar-refractivity contribution in [2.45, 2.75) is 6.04 Å². The van der Waals surface area contributed by atoms with Crippen LogP contribution in [0.15, 0.2) is 48.8 Å². The highest BCUT2D eigenvalue weighted by Gasteiger charge is 2.23. The molecule has 1 aromatic carbocycles. The minimum absolute atomic E-state index is 0.0705. The van der Waals surface area contributed by atoms with Crippen LogP contribution in [0.25, 0.3) is 0 Å². The Balaban J connectivity index is 1.55. The molecule has 0 aliphatic carbocycles. The Labute approximate surface area is 140 Å². The van der Waals surface area contributed by atoms with E-state index in [0.717, 1.165) is 26.2 Å². The topological polar surface area (TPSA) is 80.5 Å². The smallest absolute Gasteiger partial charge is 0.269 e. The Bertz CT molecular complexity index is 663. The van der Waals surface area contributed by atoms with Crippen LogP contribution in [0.3, 0.4) is 0 Å². The number of benzene rings is 1. The van der Waals surface area contributed by atoms with E-state index < -0.39 is 4.92 Å². The van der Waals surface area contributed by atoms with Crippen LogP contribution in [0, 0.1) is 10.1 Å². The van der Waals surface area contributed by atoms with Crippen molar-refractivity contribution in [2.24, 2.45) is 0 Å². The number of nitro benzene ring substituents is 1. The summed E-state index contributed by atoms with van der Waals surface area (Å²) in [5, 5.41) is 14.1. The number of hydrogen-bond donors (Lipinski definition) is 1. The lowest BCUT2D eigenvalue weighted by Gasteiger charge is -2.36. The summed E-state index contributed by atoms with van der Waals surface area (Å²) in [6.45, 7) is 4.12. The van der Waals surface area contributed by atoms with Crippen LogP contribution < -0.4 is 10.1 Å². The summed E-state index contributed by atoms with van der Waals surface area (Å²) in [6, 6.07) is 10.5. The van der Waals surface area contributed by atoms with E-state index in [4.69, 9.17) is 4.74 Å². The monoisotopic (exact) mass is 328 g/mol. The summed E-state index contributed by atoms with van der Waals surface area (Å²) in [5.41, 5.74) is 1.26. The van der Waals surface area contributed by atoms with Crippen molar-refractivity contribution in [2.75, 3.05) is 32.8 Å². The molecule has 0 radical (unpaired) electrons. The van der Waals surface area contributed by atoms with Gasteiger partial charge in [-0.2, -0.15) is 0 Å². The third-order valence-electron chi connectivity index (χ3n) is 4.12. The summed E-state index contributed by atoms with van der Waals surface area (Å²) in [5.74, 6) is 0.647. The number of non-ortho nitro benzene ring substituents is 1. The summed E-state index contributed by atoms with van der Waals surface area (Å²) in [6.07, 6.45) is 3.68. The van der Waals surface area contributed by atoms with E-state index in [9.17, 15) is 10.1 Å². The number of ether oxygens (including phenoxy) is 1. The highest BCUT2D eigenvalue weighted by atomic mass is 16.6. The van der Waals surface area contributed by atoms with Gasteiger partial charge in [0.15, 0.2) is 0 Å². The molecule has 1 saturated heterocycles. The molecule has 24 heavy (non-hydrogen) atoms. The Hall–Kier alpha value is -2.51. The van der Waals surface area contributed by atoms with Gasteiger partial charge >= 0.3 is 0 Å². The maximum Gasteiger partial charge on any atom is 0.269 e. The summed E-state index contributed by atoms with van der Waals surface area (Å²) >= 11 is 0. The first-order chi connectivity index (χ1) is 11.7. The first-order valence-electron chi connectivity index (χ1n) is 7.96. The first kappa shape index (κ1) is 16.4. The number of pyridine rings is 1. The van der Waals surface area contributed by atoms with Gasteiger partial charge in [-0.3, -0.25) is 20.0 Å². The van der Waals surface area contributed by atoms with E-state index in [1.165, 1.54) is 17.7 Å².